The first-order valence-corrected chi connectivity index (χ1v) is 9.57. The van der Waals surface area contributed by atoms with E-state index in [0.29, 0.717) is 35.9 Å². The van der Waals surface area contributed by atoms with Gasteiger partial charge in [0.1, 0.15) is 11.6 Å². The molecule has 5 nitrogen and oxygen atoms in total. The molecule has 2 heterocycles. The summed E-state index contributed by atoms with van der Waals surface area (Å²) in [6.07, 6.45) is 1.85. The van der Waals surface area contributed by atoms with Crippen LogP contribution < -0.4 is 4.90 Å². The van der Waals surface area contributed by atoms with Crippen molar-refractivity contribution < 1.29 is 9.59 Å². The van der Waals surface area contributed by atoms with Crippen LogP contribution in [0, 0.1) is 11.3 Å². The molecule has 0 saturated carbocycles. The number of hydrogen-bond acceptors (Lipinski definition) is 3. The fourth-order valence-electron chi connectivity index (χ4n) is 3.74. The average molecular weight is 392 g/mol. The summed E-state index contributed by atoms with van der Waals surface area (Å²) in [6, 6.07) is 16.6. The first kappa shape index (κ1) is 18.3. The van der Waals surface area contributed by atoms with Crippen molar-refractivity contribution in [2.24, 2.45) is 0 Å². The monoisotopic (exact) mass is 391 g/mol. The number of nitrogens with zero attached hydrogens (tertiary/aromatic N) is 3. The summed E-state index contributed by atoms with van der Waals surface area (Å²) in [5.41, 5.74) is 2.38. The second-order valence-electron chi connectivity index (χ2n) is 6.90. The van der Waals surface area contributed by atoms with Crippen LogP contribution in [-0.2, 0) is 16.1 Å². The Bertz CT molecular complexity index is 1010. The lowest BCUT2D eigenvalue weighted by Gasteiger charge is -2.18. The zero-order valence-corrected chi connectivity index (χ0v) is 15.9. The lowest BCUT2D eigenvalue weighted by Crippen LogP contribution is -2.31. The fraction of sp³-hybridized carbons (Fsp3) is 0.227. The number of carbonyl (C=O) groups is 2. The summed E-state index contributed by atoms with van der Waals surface area (Å²) in [7, 11) is 0. The number of likely N-dealkylation sites (tertiary alicyclic amines) is 1. The zero-order chi connectivity index (χ0) is 19.7. The Morgan fingerprint density at radius 1 is 1.07 bits per heavy atom. The first-order chi connectivity index (χ1) is 13.6. The number of fused-ring (bicyclic) bond motifs is 1. The largest absolute Gasteiger partial charge is 0.338 e. The molecule has 2 aliphatic heterocycles. The molecule has 0 N–H and O–H groups in total. The van der Waals surface area contributed by atoms with Gasteiger partial charge in [-0.2, -0.15) is 5.26 Å². The molecular weight excluding hydrogens is 374 g/mol. The van der Waals surface area contributed by atoms with E-state index < -0.39 is 0 Å². The van der Waals surface area contributed by atoms with Crippen molar-refractivity contribution in [3.05, 3.63) is 70.3 Å². The molecule has 0 spiro atoms. The summed E-state index contributed by atoms with van der Waals surface area (Å²) in [6.45, 7) is 1.59. The molecule has 2 amide bonds. The molecule has 0 bridgehead atoms. The molecule has 2 aliphatic rings. The summed E-state index contributed by atoms with van der Waals surface area (Å²) >= 11 is 5.95. The minimum atomic E-state index is -0.355. The minimum absolute atomic E-state index is 0.0713. The molecule has 0 aromatic heterocycles. The number of hydrogen-bond donors (Lipinski definition) is 0. The number of rotatable bonds is 3. The second-order valence-corrected chi connectivity index (χ2v) is 7.33. The number of carbonyl (C=O) groups excluding carboxylic acids is 2. The van der Waals surface area contributed by atoms with Crippen LogP contribution in [0.1, 0.15) is 24.0 Å². The van der Waals surface area contributed by atoms with Crippen LogP contribution >= 0.6 is 11.6 Å². The standard InChI is InChI=1S/C22H18ClN3O2/c23-16-9-7-15(8-10-16)14-26-19-6-2-1-5-17(19)20(22(26)28)18(13-24)21(27)25-11-3-4-12-25/h1-2,5-10H,3-4,11-12,14H2. The van der Waals surface area contributed by atoms with Crippen LogP contribution in [0.3, 0.4) is 0 Å². The van der Waals surface area contributed by atoms with Crippen molar-refractivity contribution in [1.29, 1.82) is 5.26 Å². The molecule has 0 aliphatic carbocycles. The molecule has 28 heavy (non-hydrogen) atoms. The van der Waals surface area contributed by atoms with Gasteiger partial charge in [0.05, 0.1) is 17.8 Å². The Hall–Kier alpha value is -3.10. The van der Waals surface area contributed by atoms with E-state index in [-0.39, 0.29) is 23.0 Å². The van der Waals surface area contributed by atoms with Gasteiger partial charge in [-0.15, -0.1) is 0 Å². The maximum atomic E-state index is 13.3. The van der Waals surface area contributed by atoms with Crippen molar-refractivity contribution in [2.75, 3.05) is 18.0 Å². The van der Waals surface area contributed by atoms with E-state index in [4.69, 9.17) is 11.6 Å². The molecule has 1 saturated heterocycles. The number of anilines is 1. The predicted molar refractivity (Wildman–Crippen MR) is 107 cm³/mol. The summed E-state index contributed by atoms with van der Waals surface area (Å²) in [5, 5.41) is 10.4. The van der Waals surface area contributed by atoms with Crippen molar-refractivity contribution in [1.82, 2.24) is 4.90 Å². The molecular formula is C22H18ClN3O2. The van der Waals surface area contributed by atoms with Crippen LogP contribution in [0.15, 0.2) is 54.1 Å². The topological polar surface area (TPSA) is 64.4 Å². The predicted octanol–water partition coefficient (Wildman–Crippen LogP) is 3.79. The Labute approximate surface area is 168 Å². The maximum Gasteiger partial charge on any atom is 0.265 e. The highest BCUT2D eigenvalue weighted by molar-refractivity contribution is 6.37. The summed E-state index contributed by atoms with van der Waals surface area (Å²) in [5.74, 6) is -0.674. The fourth-order valence-corrected chi connectivity index (χ4v) is 3.87. The third-order valence-corrected chi connectivity index (χ3v) is 5.40. The normalized spacial score (nSPS) is 17.5. The SMILES string of the molecule is N#CC(C(=O)N1CCCC1)=C1C(=O)N(Cc2ccc(Cl)cc2)c2ccccc21. The smallest absolute Gasteiger partial charge is 0.265 e. The van der Waals surface area contributed by atoms with E-state index in [0.717, 1.165) is 18.4 Å². The van der Waals surface area contributed by atoms with Crippen molar-refractivity contribution in [3.63, 3.8) is 0 Å². The molecule has 0 unspecified atom stereocenters. The second kappa shape index (κ2) is 7.49. The van der Waals surface area contributed by atoms with E-state index in [9.17, 15) is 14.9 Å². The van der Waals surface area contributed by atoms with Gasteiger partial charge in [0.2, 0.25) is 0 Å². The number of nitriles is 1. The molecule has 2 aromatic carbocycles. The number of amides is 2. The Morgan fingerprint density at radius 2 is 1.75 bits per heavy atom. The Morgan fingerprint density at radius 3 is 2.43 bits per heavy atom. The lowest BCUT2D eigenvalue weighted by molar-refractivity contribution is -0.125. The van der Waals surface area contributed by atoms with Crippen LogP contribution in [0.25, 0.3) is 5.57 Å². The molecule has 2 aromatic rings. The van der Waals surface area contributed by atoms with Crippen LogP contribution in [0.5, 0.6) is 0 Å². The number of benzene rings is 2. The van der Waals surface area contributed by atoms with Crippen LogP contribution in [-0.4, -0.2) is 29.8 Å². The highest BCUT2D eigenvalue weighted by Crippen LogP contribution is 2.39. The van der Waals surface area contributed by atoms with Crippen molar-refractivity contribution in [3.8, 4) is 6.07 Å². The zero-order valence-electron chi connectivity index (χ0n) is 15.2. The van der Waals surface area contributed by atoms with Crippen molar-refractivity contribution >= 4 is 34.7 Å². The first-order valence-electron chi connectivity index (χ1n) is 9.19. The van der Waals surface area contributed by atoms with E-state index in [1.165, 1.54) is 0 Å². The van der Waals surface area contributed by atoms with E-state index >= 15 is 0 Å². The quantitative estimate of drug-likeness (QED) is 0.590. The molecule has 1 fully saturated rings. The number of halogens is 1. The molecule has 0 atom stereocenters. The summed E-state index contributed by atoms with van der Waals surface area (Å²) in [4.78, 5) is 29.4. The van der Waals surface area contributed by atoms with Crippen molar-refractivity contribution in [2.45, 2.75) is 19.4 Å². The molecule has 0 radical (unpaired) electrons. The highest BCUT2D eigenvalue weighted by Gasteiger charge is 2.37. The molecule has 4 rings (SSSR count). The van der Waals surface area contributed by atoms with Gasteiger partial charge in [-0.1, -0.05) is 41.9 Å². The van der Waals surface area contributed by atoms with Gasteiger partial charge in [0.25, 0.3) is 11.8 Å². The van der Waals surface area contributed by atoms with Gasteiger partial charge in [-0.3, -0.25) is 9.59 Å². The van der Waals surface area contributed by atoms with Gasteiger partial charge >= 0.3 is 0 Å². The highest BCUT2D eigenvalue weighted by atomic mass is 35.5. The van der Waals surface area contributed by atoms with Gasteiger partial charge < -0.3 is 9.80 Å². The lowest BCUT2D eigenvalue weighted by atomic mass is 10.0. The number of para-hydroxylation sites is 1. The Kier molecular flexibility index (Phi) is 4.89. The Balaban J connectivity index is 1.76. The minimum Gasteiger partial charge on any atom is -0.338 e. The third kappa shape index (κ3) is 3.17. The van der Waals surface area contributed by atoms with Gasteiger partial charge in [0, 0.05) is 23.7 Å². The van der Waals surface area contributed by atoms with Crippen LogP contribution in [0.2, 0.25) is 5.02 Å². The van der Waals surface area contributed by atoms with Gasteiger partial charge in [-0.05, 0) is 36.6 Å². The maximum absolute atomic E-state index is 13.3. The van der Waals surface area contributed by atoms with E-state index in [1.54, 1.807) is 28.0 Å². The third-order valence-electron chi connectivity index (χ3n) is 5.15. The molecule has 140 valence electrons. The van der Waals surface area contributed by atoms with Crippen LogP contribution in [0.4, 0.5) is 5.69 Å². The van der Waals surface area contributed by atoms with E-state index in [2.05, 4.69) is 0 Å². The summed E-state index contributed by atoms with van der Waals surface area (Å²) < 4.78 is 0. The van der Waals surface area contributed by atoms with Gasteiger partial charge in [0.15, 0.2) is 0 Å². The van der Waals surface area contributed by atoms with E-state index in [1.807, 2.05) is 36.4 Å². The molecule has 6 heteroatoms. The average Bonchev–Trinajstić information content (AvgIpc) is 3.33. The van der Waals surface area contributed by atoms with Gasteiger partial charge in [-0.25, -0.2) is 0 Å².